The maximum Gasteiger partial charge on any atom is 0 e. The van der Waals surface area contributed by atoms with Crippen LogP contribution in [0.3, 0.4) is 0 Å². The van der Waals surface area contributed by atoms with Crippen LogP contribution in [0.1, 0.15) is 0 Å². The van der Waals surface area contributed by atoms with Crippen LogP contribution in [0.2, 0.25) is 0 Å². The van der Waals surface area contributed by atoms with E-state index in [-0.39, 0.29) is 27.3 Å². The molecule has 0 amide bonds. The van der Waals surface area contributed by atoms with Crippen LogP contribution in [0, 0.1) is 0 Å². The minimum Gasteiger partial charge on any atom is 0 e. The standard InChI is InChI=1S/2Li.Mg.Tl. The van der Waals surface area contributed by atoms with Crippen LogP contribution in [0.4, 0.5) is 0 Å². The predicted molar refractivity (Wildman–Crippen MR) is 23.0 cm³/mol. The Hall–Kier alpha value is 2.88. The van der Waals surface area contributed by atoms with Crippen molar-refractivity contribution in [3.8, 4) is 0 Å². The van der Waals surface area contributed by atoms with Crippen LogP contribution in [0.15, 0.2) is 0 Å². The van der Waals surface area contributed by atoms with E-state index in [0.717, 1.165) is 0 Å². The fourth-order valence-electron chi connectivity index (χ4n) is 0. The molecule has 0 aromatic heterocycles. The van der Waals surface area contributed by atoms with Gasteiger partial charge in [-0.3, -0.25) is 0 Å². The topological polar surface area (TPSA) is 0 Å². The molecular weight excluding hydrogens is 243 g/mol. The Morgan fingerprint density at radius 2 is 1.25 bits per heavy atom. The molecule has 0 aliphatic heterocycles. The molecule has 0 atom stereocenters. The maximum atomic E-state index is 2.26. The van der Waals surface area contributed by atoms with Crippen molar-refractivity contribution < 1.29 is 0 Å². The summed E-state index contributed by atoms with van der Waals surface area (Å²) in [4.78, 5) is 0. The fraction of sp³-hybridized carbons (Fsp3) is 0. The zero-order valence-corrected chi connectivity index (χ0v) is 9.19. The number of hydrogen-bond donors (Lipinski definition) is 0. The Morgan fingerprint density at radius 1 is 1.25 bits per heavy atom. The second-order valence-corrected chi connectivity index (χ2v) is 2.12. The van der Waals surface area contributed by atoms with Gasteiger partial charge in [0, 0.05) is 27.3 Å². The molecule has 7 valence electrons. The minimum atomic E-state index is 0. The van der Waals surface area contributed by atoms with Crippen molar-refractivity contribution in [1.82, 2.24) is 0 Å². The summed E-state index contributed by atoms with van der Waals surface area (Å²) in [6, 6.07) is 0. The summed E-state index contributed by atoms with van der Waals surface area (Å²) in [7, 11) is 0. The van der Waals surface area contributed by atoms with Gasteiger partial charge in [0.25, 0.3) is 0 Å². The fourth-order valence-corrected chi connectivity index (χ4v) is 0. The second-order valence-electron chi connectivity index (χ2n) is 0.707. The van der Waals surface area contributed by atoms with Gasteiger partial charge in [0.15, 0.2) is 0 Å². The molecule has 0 unspecified atom stereocenters. The van der Waals surface area contributed by atoms with Gasteiger partial charge in [-0.15, -0.1) is 0 Å². The zero-order valence-electron chi connectivity index (χ0n) is 3.28. The molecule has 0 saturated heterocycles. The Balaban J connectivity index is 0. The van der Waals surface area contributed by atoms with E-state index in [1.807, 2.05) is 0 Å². The Labute approximate surface area is 69.8 Å². The van der Waals surface area contributed by atoms with Gasteiger partial charge >= 0.3 is 44.1 Å². The van der Waals surface area contributed by atoms with Crippen molar-refractivity contribution in [3.05, 3.63) is 0 Å². The Bertz CT molecular complexity index is 6.00. The average molecular weight is 243 g/mol. The molecule has 0 heterocycles. The first kappa shape index (κ1) is 9.99. The van der Waals surface area contributed by atoms with Crippen LogP contribution in [0.5, 0.6) is 0 Å². The summed E-state index contributed by atoms with van der Waals surface area (Å²) in [6.45, 7) is 0. The third-order valence-corrected chi connectivity index (χ3v) is 0. The molecule has 4 heteroatoms. The zero-order chi connectivity index (χ0) is 2.71. The molecule has 0 spiro atoms. The quantitative estimate of drug-likeness (QED) is 0.453. The van der Waals surface area contributed by atoms with Crippen LogP contribution in [-0.4, -0.2) is 71.4 Å². The van der Waals surface area contributed by atoms with Gasteiger partial charge in [-0.1, -0.05) is 0 Å². The molecule has 0 bridgehead atoms. The first-order valence-corrected chi connectivity index (χ1v) is 4.24. The largest absolute Gasteiger partial charge is 0 e. The van der Waals surface area contributed by atoms with E-state index in [1.165, 1.54) is 0 Å². The first-order chi connectivity index (χ1) is 1.41. The number of hydrogen-bond acceptors (Lipinski definition) is 0. The predicted octanol–water partition coefficient (Wildman–Crippen LogP) is -1.52. The van der Waals surface area contributed by atoms with Crippen LogP contribution >= 0.6 is 0 Å². The van der Waals surface area contributed by atoms with E-state index in [4.69, 9.17) is 0 Å². The SMILES string of the molecule is [Li][Mg][Li].[Tl]. The molecule has 0 aromatic carbocycles. The minimum absolute atomic E-state index is 0. The summed E-state index contributed by atoms with van der Waals surface area (Å²) >= 11 is 4.94. The van der Waals surface area contributed by atoms with E-state index in [0.29, 0.717) is 15.1 Å². The molecule has 0 aliphatic carbocycles. The van der Waals surface area contributed by atoms with E-state index >= 15 is 0 Å². The van der Waals surface area contributed by atoms with Crippen molar-refractivity contribution in [3.63, 3.8) is 0 Å². The molecule has 0 nitrogen and oxygen atoms in total. The molecule has 0 aliphatic rings. The van der Waals surface area contributed by atoms with E-state index in [2.05, 4.69) is 28.9 Å². The Kier molecular flexibility index (Phi) is 23.2. The van der Waals surface area contributed by atoms with Crippen molar-refractivity contribution in [1.29, 1.82) is 0 Å². The molecule has 1 radical (unpaired) electrons. The van der Waals surface area contributed by atoms with Crippen molar-refractivity contribution in [2.45, 2.75) is 0 Å². The molecule has 4 heavy (non-hydrogen) atoms. The smallest absolute Gasteiger partial charge is 0 e. The molecular formula is Li2MgTl. The van der Waals surface area contributed by atoms with Gasteiger partial charge in [0.1, 0.15) is 0 Å². The summed E-state index contributed by atoms with van der Waals surface area (Å²) in [5, 5.41) is 0. The van der Waals surface area contributed by atoms with Gasteiger partial charge in [0.2, 0.25) is 0 Å². The summed E-state index contributed by atoms with van der Waals surface area (Å²) in [5.41, 5.74) is 0. The van der Waals surface area contributed by atoms with Crippen LogP contribution < -0.4 is 0 Å². The molecule has 0 saturated carbocycles. The van der Waals surface area contributed by atoms with Crippen molar-refractivity contribution in [2.75, 3.05) is 0 Å². The average Bonchev–Trinajstić information content (AvgIpc) is 0.918. The van der Waals surface area contributed by atoms with Gasteiger partial charge in [-0.05, 0) is 0 Å². The molecule has 0 N–H and O–H groups in total. The van der Waals surface area contributed by atoms with Crippen LogP contribution in [-0.2, 0) is 0 Å². The summed E-state index contributed by atoms with van der Waals surface area (Å²) in [6.07, 6.45) is 0. The molecule has 0 fully saturated rings. The second kappa shape index (κ2) is 9.30. The third kappa shape index (κ3) is 8.86. The van der Waals surface area contributed by atoms with Gasteiger partial charge < -0.3 is 0 Å². The monoisotopic (exact) mass is 243 g/mol. The third-order valence-electron chi connectivity index (χ3n) is 0. The normalized spacial score (nSPS) is 3.00. The Morgan fingerprint density at radius 3 is 1.25 bits per heavy atom. The summed E-state index contributed by atoms with van der Waals surface area (Å²) in [5.74, 6) is 0. The molecule has 0 aromatic rings. The van der Waals surface area contributed by atoms with Crippen molar-refractivity contribution in [2.24, 2.45) is 0 Å². The van der Waals surface area contributed by atoms with Crippen LogP contribution in [0.25, 0.3) is 0 Å². The number of rotatable bonds is 0. The van der Waals surface area contributed by atoms with Gasteiger partial charge in [-0.2, -0.15) is 0 Å². The van der Waals surface area contributed by atoms with E-state index < -0.39 is 0 Å². The van der Waals surface area contributed by atoms with Gasteiger partial charge in [0.05, 0.1) is 0 Å². The summed E-state index contributed by atoms with van der Waals surface area (Å²) < 4.78 is 0. The molecule has 0 rings (SSSR count). The maximum absolute atomic E-state index is 2.26. The van der Waals surface area contributed by atoms with E-state index in [1.54, 1.807) is 0 Å². The first-order valence-electron chi connectivity index (χ1n) is 1.41. The van der Waals surface area contributed by atoms with Gasteiger partial charge in [-0.25, -0.2) is 0 Å². The van der Waals surface area contributed by atoms with Crippen molar-refractivity contribution >= 4 is 71.4 Å². The van der Waals surface area contributed by atoms with E-state index in [9.17, 15) is 0 Å².